The fraction of sp³-hybridized carbons (Fsp3) is 0. The largest absolute Gasteiger partial charge is 0.456 e. The number of hydrogen-bond donors (Lipinski definition) is 0. The van der Waals surface area contributed by atoms with Gasteiger partial charge >= 0.3 is 0 Å². The maximum atomic E-state index is 6.12. The van der Waals surface area contributed by atoms with Gasteiger partial charge in [-0.05, 0) is 70.7 Å². The van der Waals surface area contributed by atoms with E-state index < -0.39 is 0 Å². The van der Waals surface area contributed by atoms with Crippen LogP contribution in [0.15, 0.2) is 87.7 Å². The fourth-order valence-electron chi connectivity index (χ4n) is 4.54. The lowest BCUT2D eigenvalue weighted by atomic mass is 9.99. The highest BCUT2D eigenvalue weighted by Gasteiger charge is 2.17. The summed E-state index contributed by atoms with van der Waals surface area (Å²) in [7, 11) is 0. The molecule has 162 valence electrons. The standard InChI is InChI=1S/C27H13Cl2N3O2/c28-26-30-25(31-27(29)32-26)18-5-3-7-22-24(18)19-12-14(9-11-21(19)33-22)15-8-10-17-16-4-1-2-6-20(16)34-23(17)13-15/h1-13H. The average molecular weight is 482 g/mol. The molecule has 4 aromatic carbocycles. The molecule has 0 unspecified atom stereocenters. The quantitative estimate of drug-likeness (QED) is 0.248. The van der Waals surface area contributed by atoms with E-state index in [4.69, 9.17) is 32.0 Å². The minimum Gasteiger partial charge on any atom is -0.456 e. The van der Waals surface area contributed by atoms with E-state index in [1.54, 1.807) is 0 Å². The number of benzene rings is 4. The number of furan rings is 2. The molecule has 0 N–H and O–H groups in total. The molecule has 0 aliphatic carbocycles. The van der Waals surface area contributed by atoms with Crippen LogP contribution in [0.2, 0.25) is 10.6 Å². The van der Waals surface area contributed by atoms with Crippen LogP contribution >= 0.6 is 23.2 Å². The Morgan fingerprint density at radius 1 is 0.529 bits per heavy atom. The van der Waals surface area contributed by atoms with Gasteiger partial charge in [0.2, 0.25) is 10.6 Å². The van der Waals surface area contributed by atoms with Gasteiger partial charge < -0.3 is 8.83 Å². The summed E-state index contributed by atoms with van der Waals surface area (Å²) in [6.07, 6.45) is 0. The first-order valence-corrected chi connectivity index (χ1v) is 11.3. The Balaban J connectivity index is 1.45. The lowest BCUT2D eigenvalue weighted by Gasteiger charge is -2.04. The third-order valence-corrected chi connectivity index (χ3v) is 6.37. The lowest BCUT2D eigenvalue weighted by molar-refractivity contribution is 0.669. The normalized spacial score (nSPS) is 11.8. The first-order chi connectivity index (χ1) is 16.6. The van der Waals surface area contributed by atoms with Gasteiger partial charge in [0.1, 0.15) is 22.3 Å². The fourth-order valence-corrected chi connectivity index (χ4v) is 4.91. The third-order valence-electron chi connectivity index (χ3n) is 6.03. The minimum absolute atomic E-state index is 0.0413. The zero-order chi connectivity index (χ0) is 22.8. The van der Waals surface area contributed by atoms with Crippen LogP contribution in [0.1, 0.15) is 0 Å². The van der Waals surface area contributed by atoms with Crippen molar-refractivity contribution < 1.29 is 8.83 Å². The number of nitrogens with zero attached hydrogens (tertiary/aromatic N) is 3. The Hall–Kier alpha value is -3.93. The van der Waals surface area contributed by atoms with Crippen LogP contribution in [0.5, 0.6) is 0 Å². The molecule has 7 aromatic rings. The van der Waals surface area contributed by atoms with Gasteiger partial charge in [-0.15, -0.1) is 0 Å². The molecule has 0 aliphatic rings. The Morgan fingerprint density at radius 2 is 1.21 bits per heavy atom. The van der Waals surface area contributed by atoms with Crippen LogP contribution in [0.4, 0.5) is 0 Å². The maximum Gasteiger partial charge on any atom is 0.227 e. The number of halogens is 2. The molecule has 0 radical (unpaired) electrons. The Bertz CT molecular complexity index is 1890. The second-order valence-corrected chi connectivity index (χ2v) is 8.67. The zero-order valence-electron chi connectivity index (χ0n) is 17.4. The topological polar surface area (TPSA) is 65.0 Å². The molecule has 34 heavy (non-hydrogen) atoms. The Kier molecular flexibility index (Phi) is 4.19. The summed E-state index contributed by atoms with van der Waals surface area (Å²) in [5.74, 6) is 0.396. The summed E-state index contributed by atoms with van der Waals surface area (Å²) in [6.45, 7) is 0. The van der Waals surface area contributed by atoms with Crippen LogP contribution in [0, 0.1) is 0 Å². The van der Waals surface area contributed by atoms with Crippen molar-refractivity contribution in [2.75, 3.05) is 0 Å². The SMILES string of the molecule is Clc1nc(Cl)nc(-c2cccc3oc4ccc(-c5ccc6c(c5)oc5ccccc56)cc4c23)n1. The monoisotopic (exact) mass is 481 g/mol. The molecule has 7 rings (SSSR count). The number of fused-ring (bicyclic) bond motifs is 6. The summed E-state index contributed by atoms with van der Waals surface area (Å²) >= 11 is 12.1. The van der Waals surface area contributed by atoms with Crippen LogP contribution in [0.3, 0.4) is 0 Å². The second kappa shape index (κ2) is 7.29. The van der Waals surface area contributed by atoms with E-state index in [2.05, 4.69) is 45.3 Å². The van der Waals surface area contributed by atoms with Crippen molar-refractivity contribution >= 4 is 67.1 Å². The molecule has 0 atom stereocenters. The van der Waals surface area contributed by atoms with Gasteiger partial charge in [0.15, 0.2) is 5.82 Å². The molecule has 0 fully saturated rings. The second-order valence-electron chi connectivity index (χ2n) is 8.00. The van der Waals surface area contributed by atoms with Crippen molar-refractivity contribution in [1.29, 1.82) is 0 Å². The molecular weight excluding hydrogens is 469 g/mol. The first kappa shape index (κ1) is 19.5. The van der Waals surface area contributed by atoms with E-state index in [0.717, 1.165) is 60.6 Å². The van der Waals surface area contributed by atoms with Crippen molar-refractivity contribution in [3.8, 4) is 22.5 Å². The molecule has 5 nitrogen and oxygen atoms in total. The highest BCUT2D eigenvalue weighted by atomic mass is 35.5. The molecule has 7 heteroatoms. The molecule has 0 saturated carbocycles. The molecule has 0 spiro atoms. The minimum atomic E-state index is 0.0413. The summed E-state index contributed by atoms with van der Waals surface area (Å²) in [5.41, 5.74) is 6.08. The average Bonchev–Trinajstić information content (AvgIpc) is 3.40. The summed E-state index contributed by atoms with van der Waals surface area (Å²) in [4.78, 5) is 12.4. The van der Waals surface area contributed by atoms with E-state index in [1.165, 1.54) is 0 Å². The Labute approximate surface area is 202 Å². The molecule has 0 bridgehead atoms. The molecule has 0 saturated heterocycles. The highest BCUT2D eigenvalue weighted by Crippen LogP contribution is 2.39. The van der Waals surface area contributed by atoms with Crippen molar-refractivity contribution in [2.45, 2.75) is 0 Å². The zero-order valence-corrected chi connectivity index (χ0v) is 18.9. The van der Waals surface area contributed by atoms with Gasteiger partial charge in [-0.2, -0.15) is 15.0 Å². The van der Waals surface area contributed by atoms with Gasteiger partial charge in [0.05, 0.1) is 0 Å². The van der Waals surface area contributed by atoms with Gasteiger partial charge in [-0.3, -0.25) is 0 Å². The number of para-hydroxylation sites is 1. The van der Waals surface area contributed by atoms with Gasteiger partial charge in [-0.25, -0.2) is 0 Å². The van der Waals surface area contributed by atoms with Crippen molar-refractivity contribution in [3.63, 3.8) is 0 Å². The van der Waals surface area contributed by atoms with Crippen LogP contribution in [-0.2, 0) is 0 Å². The lowest BCUT2D eigenvalue weighted by Crippen LogP contribution is -1.94. The molecule has 0 amide bonds. The van der Waals surface area contributed by atoms with Gasteiger partial charge in [-0.1, -0.05) is 42.5 Å². The van der Waals surface area contributed by atoms with Crippen molar-refractivity contribution in [3.05, 3.63) is 89.4 Å². The third kappa shape index (κ3) is 2.98. The van der Waals surface area contributed by atoms with E-state index >= 15 is 0 Å². The molecular formula is C27H13Cl2N3O2. The summed E-state index contributed by atoms with van der Waals surface area (Å²) in [6, 6.07) is 26.2. The van der Waals surface area contributed by atoms with Crippen LogP contribution < -0.4 is 0 Å². The van der Waals surface area contributed by atoms with E-state index in [1.807, 2.05) is 48.5 Å². The molecule has 3 aromatic heterocycles. The van der Waals surface area contributed by atoms with Crippen molar-refractivity contribution in [2.24, 2.45) is 0 Å². The number of rotatable bonds is 2. The summed E-state index contributed by atoms with van der Waals surface area (Å²) in [5, 5.41) is 4.13. The summed E-state index contributed by atoms with van der Waals surface area (Å²) < 4.78 is 12.2. The predicted molar refractivity (Wildman–Crippen MR) is 135 cm³/mol. The smallest absolute Gasteiger partial charge is 0.227 e. The van der Waals surface area contributed by atoms with Gasteiger partial charge in [0.25, 0.3) is 0 Å². The van der Waals surface area contributed by atoms with Gasteiger partial charge in [0, 0.05) is 27.1 Å². The van der Waals surface area contributed by atoms with Crippen LogP contribution in [0.25, 0.3) is 66.4 Å². The van der Waals surface area contributed by atoms with E-state index in [9.17, 15) is 0 Å². The highest BCUT2D eigenvalue weighted by molar-refractivity contribution is 6.31. The first-order valence-electron chi connectivity index (χ1n) is 10.6. The number of hydrogen-bond acceptors (Lipinski definition) is 5. The maximum absolute atomic E-state index is 6.12. The number of aromatic nitrogens is 3. The Morgan fingerprint density at radius 3 is 2.09 bits per heavy atom. The molecule has 0 aliphatic heterocycles. The van der Waals surface area contributed by atoms with E-state index in [-0.39, 0.29) is 10.6 Å². The molecule has 3 heterocycles. The predicted octanol–water partition coefficient (Wildman–Crippen LogP) is 8.31. The van der Waals surface area contributed by atoms with E-state index in [0.29, 0.717) is 5.82 Å². The van der Waals surface area contributed by atoms with Crippen molar-refractivity contribution in [1.82, 2.24) is 15.0 Å². The van der Waals surface area contributed by atoms with Crippen LogP contribution in [-0.4, -0.2) is 15.0 Å².